The summed E-state index contributed by atoms with van der Waals surface area (Å²) >= 11 is 0. The molecule has 4 saturated carbocycles. The van der Waals surface area contributed by atoms with Crippen LogP contribution in [-0.2, 0) is 0 Å². The van der Waals surface area contributed by atoms with Gasteiger partial charge in [0.25, 0.3) is 5.91 Å². The van der Waals surface area contributed by atoms with Crippen molar-refractivity contribution in [2.45, 2.75) is 76.0 Å². The number of carbonyl (C=O) groups excluding carboxylic acids is 1. The van der Waals surface area contributed by atoms with Crippen LogP contribution in [0.15, 0.2) is 18.2 Å². The molecule has 0 spiro atoms. The molecule has 5 nitrogen and oxygen atoms in total. The third kappa shape index (κ3) is 3.14. The Morgan fingerprint density at radius 3 is 2.70 bits per heavy atom. The molecule has 1 amide bonds. The highest BCUT2D eigenvalue weighted by Crippen LogP contribution is 2.55. The molecular formula is C22H31N3O2. The van der Waals surface area contributed by atoms with Gasteiger partial charge in [0.2, 0.25) is 0 Å². The van der Waals surface area contributed by atoms with Crippen LogP contribution in [0.4, 0.5) is 5.82 Å². The number of amides is 1. The summed E-state index contributed by atoms with van der Waals surface area (Å²) in [7, 11) is 0. The second-order valence-corrected chi connectivity index (χ2v) is 9.61. The molecule has 0 radical (unpaired) electrons. The van der Waals surface area contributed by atoms with Crippen molar-refractivity contribution in [2.75, 3.05) is 11.4 Å². The van der Waals surface area contributed by atoms with Gasteiger partial charge in [0.15, 0.2) is 0 Å². The van der Waals surface area contributed by atoms with Crippen molar-refractivity contribution in [3.63, 3.8) is 0 Å². The third-order valence-corrected chi connectivity index (χ3v) is 7.60. The Hall–Kier alpha value is -1.62. The number of aromatic nitrogens is 1. The molecule has 4 aliphatic carbocycles. The fourth-order valence-corrected chi connectivity index (χ4v) is 6.59. The van der Waals surface area contributed by atoms with E-state index in [2.05, 4.69) is 17.1 Å². The standard InChI is InChI=1S/C22H31N3O2/c1-14-5-2-3-8-25(14)19-7-4-6-18(23-19)21(26)24-20-16-9-15-10-17(20)13-22(27,11-15)12-16/h4,6-7,14-17,20,27H,2-3,5,8-13H2,1H3,(H,24,26). The topological polar surface area (TPSA) is 65.5 Å². The molecule has 5 heteroatoms. The first-order valence-corrected chi connectivity index (χ1v) is 10.8. The summed E-state index contributed by atoms with van der Waals surface area (Å²) < 4.78 is 0. The van der Waals surface area contributed by atoms with Crippen molar-refractivity contribution in [2.24, 2.45) is 17.8 Å². The Balaban J connectivity index is 1.31. The van der Waals surface area contributed by atoms with Crippen molar-refractivity contribution in [3.8, 4) is 0 Å². The van der Waals surface area contributed by atoms with Crippen molar-refractivity contribution in [3.05, 3.63) is 23.9 Å². The molecule has 1 aromatic rings. The first-order chi connectivity index (χ1) is 13.0. The normalized spacial score (nSPS) is 40.2. The lowest BCUT2D eigenvalue weighted by Gasteiger charge is -2.58. The van der Waals surface area contributed by atoms with Crippen LogP contribution in [-0.4, -0.2) is 40.2 Å². The van der Waals surface area contributed by atoms with E-state index in [1.165, 1.54) is 19.3 Å². The highest BCUT2D eigenvalue weighted by atomic mass is 16.3. The van der Waals surface area contributed by atoms with Gasteiger partial charge in [0.05, 0.1) is 5.60 Å². The quantitative estimate of drug-likeness (QED) is 0.859. The number of rotatable bonds is 3. The van der Waals surface area contributed by atoms with Gasteiger partial charge in [-0.05, 0) is 88.2 Å². The monoisotopic (exact) mass is 369 g/mol. The van der Waals surface area contributed by atoms with Crippen LogP contribution in [0.5, 0.6) is 0 Å². The van der Waals surface area contributed by atoms with Gasteiger partial charge in [0, 0.05) is 18.6 Å². The molecule has 1 saturated heterocycles. The van der Waals surface area contributed by atoms with E-state index in [0.717, 1.165) is 44.5 Å². The van der Waals surface area contributed by atoms with Crippen LogP contribution in [0.25, 0.3) is 0 Å². The lowest BCUT2D eigenvalue weighted by Crippen LogP contribution is -2.61. The van der Waals surface area contributed by atoms with E-state index in [-0.39, 0.29) is 11.9 Å². The molecule has 5 aliphatic rings. The highest BCUT2D eigenvalue weighted by molar-refractivity contribution is 5.93. The molecule has 27 heavy (non-hydrogen) atoms. The first kappa shape index (κ1) is 17.5. The fourth-order valence-electron chi connectivity index (χ4n) is 6.59. The van der Waals surface area contributed by atoms with E-state index in [0.29, 0.717) is 29.5 Å². The number of carbonyl (C=O) groups is 1. The Morgan fingerprint density at radius 2 is 2.00 bits per heavy atom. The van der Waals surface area contributed by atoms with Gasteiger partial charge >= 0.3 is 0 Å². The number of anilines is 1. The van der Waals surface area contributed by atoms with Gasteiger partial charge in [0.1, 0.15) is 11.5 Å². The zero-order chi connectivity index (χ0) is 18.6. The van der Waals surface area contributed by atoms with E-state index in [1.807, 2.05) is 18.2 Å². The van der Waals surface area contributed by atoms with Crippen LogP contribution >= 0.6 is 0 Å². The predicted octanol–water partition coefficient (Wildman–Crippen LogP) is 3.13. The summed E-state index contributed by atoms with van der Waals surface area (Å²) in [6.45, 7) is 3.26. The van der Waals surface area contributed by atoms with E-state index in [9.17, 15) is 9.90 Å². The van der Waals surface area contributed by atoms with Crippen molar-refractivity contribution >= 4 is 11.7 Å². The molecular weight excluding hydrogens is 338 g/mol. The molecule has 1 aromatic heterocycles. The summed E-state index contributed by atoms with van der Waals surface area (Å²) in [5, 5.41) is 14.1. The minimum absolute atomic E-state index is 0.0500. The van der Waals surface area contributed by atoms with E-state index in [1.54, 1.807) is 0 Å². The van der Waals surface area contributed by atoms with Crippen LogP contribution in [0.1, 0.15) is 68.8 Å². The van der Waals surface area contributed by atoms with Crippen LogP contribution in [0.3, 0.4) is 0 Å². The maximum atomic E-state index is 13.0. The molecule has 146 valence electrons. The molecule has 3 atom stereocenters. The Bertz CT molecular complexity index is 720. The number of hydrogen-bond donors (Lipinski definition) is 2. The van der Waals surface area contributed by atoms with Gasteiger partial charge in [-0.15, -0.1) is 0 Å². The van der Waals surface area contributed by atoms with Gasteiger partial charge < -0.3 is 15.3 Å². The van der Waals surface area contributed by atoms with Crippen LogP contribution in [0, 0.1) is 17.8 Å². The molecule has 3 unspecified atom stereocenters. The zero-order valence-electron chi connectivity index (χ0n) is 16.2. The maximum absolute atomic E-state index is 13.0. The molecule has 2 heterocycles. The summed E-state index contributed by atoms with van der Waals surface area (Å²) in [5.41, 5.74) is 0.0677. The summed E-state index contributed by atoms with van der Waals surface area (Å²) in [6.07, 6.45) is 8.64. The Labute approximate surface area is 161 Å². The van der Waals surface area contributed by atoms with E-state index in [4.69, 9.17) is 4.98 Å². The van der Waals surface area contributed by atoms with Gasteiger partial charge in [-0.2, -0.15) is 0 Å². The Morgan fingerprint density at radius 1 is 1.22 bits per heavy atom. The number of aliphatic hydroxyl groups is 1. The smallest absolute Gasteiger partial charge is 0.270 e. The van der Waals surface area contributed by atoms with Gasteiger partial charge in [-0.3, -0.25) is 4.79 Å². The summed E-state index contributed by atoms with van der Waals surface area (Å²) in [4.78, 5) is 20.0. The summed E-state index contributed by atoms with van der Waals surface area (Å²) in [6, 6.07) is 6.50. The van der Waals surface area contributed by atoms with Crippen LogP contribution < -0.4 is 10.2 Å². The molecule has 0 aromatic carbocycles. The predicted molar refractivity (Wildman–Crippen MR) is 105 cm³/mol. The summed E-state index contributed by atoms with van der Waals surface area (Å²) in [5.74, 6) is 2.38. The molecule has 4 bridgehead atoms. The molecule has 6 rings (SSSR count). The average Bonchev–Trinajstić information content (AvgIpc) is 2.64. The lowest BCUT2D eigenvalue weighted by molar-refractivity contribution is -0.136. The average molecular weight is 370 g/mol. The fraction of sp³-hybridized carbons (Fsp3) is 0.727. The lowest BCUT2D eigenvalue weighted by atomic mass is 9.52. The second kappa shape index (κ2) is 6.47. The van der Waals surface area contributed by atoms with Gasteiger partial charge in [-0.25, -0.2) is 4.98 Å². The SMILES string of the molecule is CC1CCCCN1c1cccc(C(=O)NC2C3CC4CC2CC(O)(C4)C3)n1. The zero-order valence-corrected chi connectivity index (χ0v) is 16.2. The van der Waals surface area contributed by atoms with Crippen molar-refractivity contribution in [1.29, 1.82) is 0 Å². The first-order valence-electron chi connectivity index (χ1n) is 10.8. The van der Waals surface area contributed by atoms with E-state index >= 15 is 0 Å². The molecule has 5 fully saturated rings. The minimum atomic E-state index is -0.458. The van der Waals surface area contributed by atoms with Crippen molar-refractivity contribution < 1.29 is 9.90 Å². The van der Waals surface area contributed by atoms with E-state index < -0.39 is 5.60 Å². The molecule has 2 N–H and O–H groups in total. The number of hydrogen-bond acceptors (Lipinski definition) is 4. The number of nitrogens with zero attached hydrogens (tertiary/aromatic N) is 2. The van der Waals surface area contributed by atoms with Crippen molar-refractivity contribution in [1.82, 2.24) is 10.3 Å². The third-order valence-electron chi connectivity index (χ3n) is 7.60. The van der Waals surface area contributed by atoms with Gasteiger partial charge in [-0.1, -0.05) is 6.07 Å². The largest absolute Gasteiger partial charge is 0.390 e. The Kier molecular flexibility index (Phi) is 4.19. The highest BCUT2D eigenvalue weighted by Gasteiger charge is 2.55. The molecule has 1 aliphatic heterocycles. The second-order valence-electron chi connectivity index (χ2n) is 9.61. The minimum Gasteiger partial charge on any atom is -0.390 e. The number of pyridine rings is 1. The number of nitrogens with one attached hydrogen (secondary N) is 1. The maximum Gasteiger partial charge on any atom is 0.270 e. The van der Waals surface area contributed by atoms with Crippen LogP contribution in [0.2, 0.25) is 0 Å². The number of piperidine rings is 1.